The lowest BCUT2D eigenvalue weighted by Gasteiger charge is -2.26. The first-order valence-corrected chi connectivity index (χ1v) is 8.62. The molecular weight excluding hydrogens is 302 g/mol. The smallest absolute Gasteiger partial charge is 0.153 e. The van der Waals surface area contributed by atoms with Gasteiger partial charge in [-0.25, -0.2) is 9.97 Å². The maximum Gasteiger partial charge on any atom is 0.153 e. The Labute approximate surface area is 141 Å². The van der Waals surface area contributed by atoms with E-state index in [2.05, 4.69) is 25.2 Å². The molecule has 0 spiro atoms. The van der Waals surface area contributed by atoms with Crippen LogP contribution >= 0.6 is 0 Å². The van der Waals surface area contributed by atoms with Crippen molar-refractivity contribution in [3.05, 3.63) is 24.5 Å². The van der Waals surface area contributed by atoms with Crippen LogP contribution in [0.5, 0.6) is 5.75 Å². The summed E-state index contributed by atoms with van der Waals surface area (Å²) >= 11 is 0. The van der Waals surface area contributed by atoms with E-state index in [1.54, 1.807) is 13.4 Å². The van der Waals surface area contributed by atoms with Gasteiger partial charge in [0, 0.05) is 24.0 Å². The third kappa shape index (κ3) is 2.89. The number of nitrogens with zero attached hydrogens (tertiary/aromatic N) is 3. The first-order valence-electron chi connectivity index (χ1n) is 8.62. The van der Waals surface area contributed by atoms with Crippen LogP contribution in [0.15, 0.2) is 24.5 Å². The molecule has 2 aromatic heterocycles. The molecule has 1 fully saturated rings. The third-order valence-electron chi connectivity index (χ3n) is 4.76. The molecule has 1 aromatic carbocycles. The highest BCUT2D eigenvalue weighted by atomic mass is 16.5. The van der Waals surface area contributed by atoms with E-state index in [0.717, 1.165) is 46.6 Å². The number of nitrogens with one attached hydrogen (secondary N) is 2. The quantitative estimate of drug-likeness (QED) is 0.755. The Bertz CT molecular complexity index is 838. The van der Waals surface area contributed by atoms with E-state index < -0.39 is 0 Å². The van der Waals surface area contributed by atoms with Crippen LogP contribution in [0.3, 0.4) is 0 Å². The summed E-state index contributed by atoms with van der Waals surface area (Å²) in [4.78, 5) is 14.8. The fourth-order valence-corrected chi connectivity index (χ4v) is 3.45. The molecule has 1 aliphatic rings. The summed E-state index contributed by atoms with van der Waals surface area (Å²) in [5.41, 5.74) is 2.93. The lowest BCUT2D eigenvalue weighted by Crippen LogP contribution is -2.33. The van der Waals surface area contributed by atoms with Gasteiger partial charge in [0.25, 0.3) is 0 Å². The zero-order valence-electron chi connectivity index (χ0n) is 14.0. The predicted molar refractivity (Wildman–Crippen MR) is 96.7 cm³/mol. The average Bonchev–Trinajstić information content (AvgIpc) is 3.01. The molecule has 3 heterocycles. The van der Waals surface area contributed by atoms with E-state index in [9.17, 15) is 0 Å². The van der Waals surface area contributed by atoms with E-state index in [-0.39, 0.29) is 0 Å². The first kappa shape index (κ1) is 15.2. The molecular formula is C18H23N5O. The van der Waals surface area contributed by atoms with Crippen LogP contribution in [-0.2, 0) is 0 Å². The SMILES string of the molecule is COc1ccc2[nH]c3c(NCCN4CCCCC4)ncnc3c2c1. The number of hydrogen-bond donors (Lipinski definition) is 2. The number of rotatable bonds is 5. The zero-order valence-corrected chi connectivity index (χ0v) is 14.0. The molecule has 1 aliphatic heterocycles. The van der Waals surface area contributed by atoms with Crippen LogP contribution in [0.1, 0.15) is 19.3 Å². The van der Waals surface area contributed by atoms with Gasteiger partial charge < -0.3 is 19.9 Å². The summed E-state index contributed by atoms with van der Waals surface area (Å²) in [6, 6.07) is 5.99. The normalized spacial score (nSPS) is 15.9. The Morgan fingerprint density at radius 1 is 1.21 bits per heavy atom. The summed E-state index contributed by atoms with van der Waals surface area (Å²) in [6.07, 6.45) is 5.64. The van der Waals surface area contributed by atoms with Gasteiger partial charge in [-0.3, -0.25) is 0 Å². The maximum atomic E-state index is 5.32. The fraction of sp³-hybridized carbons (Fsp3) is 0.444. The average molecular weight is 325 g/mol. The molecule has 2 N–H and O–H groups in total. The van der Waals surface area contributed by atoms with E-state index >= 15 is 0 Å². The molecule has 3 aromatic rings. The number of aromatic amines is 1. The Morgan fingerprint density at radius 3 is 2.92 bits per heavy atom. The van der Waals surface area contributed by atoms with Crippen molar-refractivity contribution in [1.82, 2.24) is 19.9 Å². The third-order valence-corrected chi connectivity index (χ3v) is 4.76. The number of methoxy groups -OCH3 is 1. The van der Waals surface area contributed by atoms with E-state index in [4.69, 9.17) is 4.74 Å². The number of likely N-dealkylation sites (tertiary alicyclic amines) is 1. The van der Waals surface area contributed by atoms with E-state index in [0.29, 0.717) is 0 Å². The van der Waals surface area contributed by atoms with Crippen molar-refractivity contribution in [2.45, 2.75) is 19.3 Å². The number of benzene rings is 1. The van der Waals surface area contributed by atoms with Gasteiger partial charge in [0.15, 0.2) is 5.82 Å². The number of aromatic nitrogens is 3. The van der Waals surface area contributed by atoms with Gasteiger partial charge in [0.1, 0.15) is 23.1 Å². The van der Waals surface area contributed by atoms with Crippen LogP contribution in [0.4, 0.5) is 5.82 Å². The summed E-state index contributed by atoms with van der Waals surface area (Å²) in [6.45, 7) is 4.38. The molecule has 6 nitrogen and oxygen atoms in total. The molecule has 24 heavy (non-hydrogen) atoms. The standard InChI is InChI=1S/C18H23N5O/c1-24-13-5-6-15-14(11-13)16-17(22-15)18(21-12-20-16)19-7-10-23-8-3-2-4-9-23/h5-6,11-12,22H,2-4,7-10H2,1H3,(H,19,20,21). The molecule has 0 aliphatic carbocycles. The number of hydrogen-bond acceptors (Lipinski definition) is 5. The molecule has 0 bridgehead atoms. The van der Waals surface area contributed by atoms with Crippen LogP contribution in [0.2, 0.25) is 0 Å². The Morgan fingerprint density at radius 2 is 2.08 bits per heavy atom. The zero-order chi connectivity index (χ0) is 16.4. The molecule has 4 rings (SSSR count). The van der Waals surface area contributed by atoms with Crippen molar-refractivity contribution in [2.24, 2.45) is 0 Å². The van der Waals surface area contributed by atoms with Crippen LogP contribution in [0.25, 0.3) is 21.9 Å². The minimum atomic E-state index is 0.835. The molecule has 126 valence electrons. The van der Waals surface area contributed by atoms with Crippen molar-refractivity contribution in [2.75, 3.05) is 38.6 Å². The van der Waals surface area contributed by atoms with Crippen molar-refractivity contribution >= 4 is 27.8 Å². The molecule has 0 unspecified atom stereocenters. The van der Waals surface area contributed by atoms with Gasteiger partial charge in [-0.15, -0.1) is 0 Å². The highest BCUT2D eigenvalue weighted by molar-refractivity contribution is 6.08. The monoisotopic (exact) mass is 325 g/mol. The Balaban J connectivity index is 1.56. The van der Waals surface area contributed by atoms with Crippen molar-refractivity contribution in [3.63, 3.8) is 0 Å². The second-order valence-electron chi connectivity index (χ2n) is 6.31. The van der Waals surface area contributed by atoms with Gasteiger partial charge in [-0.1, -0.05) is 6.42 Å². The number of piperidine rings is 1. The van der Waals surface area contributed by atoms with Crippen molar-refractivity contribution < 1.29 is 4.74 Å². The highest BCUT2D eigenvalue weighted by Crippen LogP contribution is 2.29. The van der Waals surface area contributed by atoms with Gasteiger partial charge in [-0.2, -0.15) is 0 Å². The lowest BCUT2D eigenvalue weighted by molar-refractivity contribution is 0.237. The molecule has 0 amide bonds. The predicted octanol–water partition coefficient (Wildman–Crippen LogP) is 3.02. The Kier molecular flexibility index (Phi) is 4.21. The fourth-order valence-electron chi connectivity index (χ4n) is 3.45. The minimum Gasteiger partial charge on any atom is -0.497 e. The summed E-state index contributed by atoms with van der Waals surface area (Å²) < 4.78 is 5.32. The molecule has 0 atom stereocenters. The van der Waals surface area contributed by atoms with Crippen molar-refractivity contribution in [1.29, 1.82) is 0 Å². The molecule has 1 saturated heterocycles. The highest BCUT2D eigenvalue weighted by Gasteiger charge is 2.12. The largest absolute Gasteiger partial charge is 0.497 e. The van der Waals surface area contributed by atoms with E-state index in [1.807, 2.05) is 18.2 Å². The maximum absolute atomic E-state index is 5.32. The van der Waals surface area contributed by atoms with E-state index in [1.165, 1.54) is 32.4 Å². The van der Waals surface area contributed by atoms with Gasteiger partial charge in [0.05, 0.1) is 7.11 Å². The minimum absolute atomic E-state index is 0.835. The number of fused-ring (bicyclic) bond motifs is 3. The summed E-state index contributed by atoms with van der Waals surface area (Å²) in [7, 11) is 1.68. The molecule has 0 saturated carbocycles. The number of ether oxygens (including phenoxy) is 1. The van der Waals surface area contributed by atoms with Crippen LogP contribution in [-0.4, -0.2) is 53.1 Å². The summed E-state index contributed by atoms with van der Waals surface area (Å²) in [5, 5.41) is 4.53. The van der Waals surface area contributed by atoms with Crippen molar-refractivity contribution in [3.8, 4) is 5.75 Å². The van der Waals surface area contributed by atoms with Gasteiger partial charge in [0.2, 0.25) is 0 Å². The molecule has 6 heteroatoms. The second kappa shape index (κ2) is 6.65. The summed E-state index contributed by atoms with van der Waals surface area (Å²) in [5.74, 6) is 1.70. The first-order chi connectivity index (χ1) is 11.8. The number of H-pyrrole nitrogens is 1. The van der Waals surface area contributed by atoms with Crippen LogP contribution in [0, 0.1) is 0 Å². The number of anilines is 1. The van der Waals surface area contributed by atoms with Gasteiger partial charge >= 0.3 is 0 Å². The van der Waals surface area contributed by atoms with Crippen LogP contribution < -0.4 is 10.1 Å². The van der Waals surface area contributed by atoms with Gasteiger partial charge in [-0.05, 0) is 44.1 Å². The lowest BCUT2D eigenvalue weighted by atomic mass is 10.1. The topological polar surface area (TPSA) is 66.1 Å². The molecule has 0 radical (unpaired) electrons. The second-order valence-corrected chi connectivity index (χ2v) is 6.31. The Hall–Kier alpha value is -2.34.